The van der Waals surface area contributed by atoms with E-state index in [1.54, 1.807) is 13.8 Å². The minimum absolute atomic E-state index is 0.188. The Hall–Kier alpha value is -0.780. The zero-order valence-corrected chi connectivity index (χ0v) is 12.5. The summed E-state index contributed by atoms with van der Waals surface area (Å²) in [6.07, 6.45) is -3.91. The molecule has 120 valence electrons. The van der Waals surface area contributed by atoms with Crippen molar-refractivity contribution >= 4 is 16.4 Å². The Morgan fingerprint density at radius 2 is 1.86 bits per heavy atom. The first kappa shape index (κ1) is 15.1. The van der Waals surface area contributed by atoms with Crippen LogP contribution in [0.1, 0.15) is 20.8 Å². The minimum Gasteiger partial charge on any atom is -0.433 e. The predicted octanol–water partition coefficient (Wildman–Crippen LogP) is -0.545. The van der Waals surface area contributed by atoms with Crippen LogP contribution in [0.25, 0.3) is 0 Å². The first-order chi connectivity index (χ1) is 9.67. The molecule has 0 aliphatic carbocycles. The summed E-state index contributed by atoms with van der Waals surface area (Å²) < 4.78 is 53.8. The van der Waals surface area contributed by atoms with Gasteiger partial charge in [-0.25, -0.2) is 8.37 Å². The molecule has 1 unspecified atom stereocenters. The van der Waals surface area contributed by atoms with E-state index in [-0.39, 0.29) is 6.61 Å². The highest BCUT2D eigenvalue weighted by Crippen LogP contribution is 2.41. The van der Waals surface area contributed by atoms with Crippen LogP contribution in [-0.4, -0.2) is 57.5 Å². The van der Waals surface area contributed by atoms with Crippen LogP contribution in [0.2, 0.25) is 0 Å². The lowest BCUT2D eigenvalue weighted by Gasteiger charge is -2.25. The van der Waals surface area contributed by atoms with Gasteiger partial charge in [0.15, 0.2) is 11.9 Å². The molecule has 3 rings (SSSR count). The molecule has 3 aliphatic heterocycles. The number of carbonyl (C=O) groups is 1. The van der Waals surface area contributed by atoms with E-state index in [9.17, 15) is 13.2 Å². The van der Waals surface area contributed by atoms with Gasteiger partial charge in [-0.05, 0) is 13.8 Å². The van der Waals surface area contributed by atoms with Gasteiger partial charge >= 0.3 is 16.4 Å². The molecule has 9 nitrogen and oxygen atoms in total. The molecule has 0 bridgehead atoms. The Kier molecular flexibility index (Phi) is 3.50. The Labute approximate surface area is 121 Å². The molecule has 0 spiro atoms. The molecule has 10 heteroatoms. The van der Waals surface area contributed by atoms with Gasteiger partial charge in [-0.3, -0.25) is 4.79 Å². The number of rotatable bonds is 2. The lowest BCUT2D eigenvalue weighted by atomic mass is 10.1. The highest BCUT2D eigenvalue weighted by molar-refractivity contribution is 7.82. The first-order valence-electron chi connectivity index (χ1n) is 6.43. The average molecular weight is 324 g/mol. The highest BCUT2D eigenvalue weighted by Gasteiger charge is 2.60. The van der Waals surface area contributed by atoms with Gasteiger partial charge in [-0.1, -0.05) is 0 Å². The van der Waals surface area contributed by atoms with Crippen molar-refractivity contribution in [3.63, 3.8) is 0 Å². The molecular weight excluding hydrogens is 308 g/mol. The summed E-state index contributed by atoms with van der Waals surface area (Å²) in [5.41, 5.74) is 0. The molecule has 0 aromatic rings. The van der Waals surface area contributed by atoms with Crippen LogP contribution in [0.5, 0.6) is 0 Å². The Balaban J connectivity index is 1.80. The molecule has 0 amide bonds. The van der Waals surface area contributed by atoms with Gasteiger partial charge in [-0.2, -0.15) is 8.42 Å². The summed E-state index contributed by atoms with van der Waals surface area (Å²) in [7, 11) is -4.02. The fraction of sp³-hybridized carbons (Fsp3) is 0.909. The number of esters is 1. The van der Waals surface area contributed by atoms with Crippen LogP contribution in [0.15, 0.2) is 0 Å². The zero-order valence-electron chi connectivity index (χ0n) is 11.7. The number of hydrogen-bond donors (Lipinski definition) is 0. The second-order valence-electron chi connectivity index (χ2n) is 5.47. The fourth-order valence-electron chi connectivity index (χ4n) is 2.66. The van der Waals surface area contributed by atoms with E-state index in [0.29, 0.717) is 0 Å². The molecule has 0 radical (unpaired) electrons. The van der Waals surface area contributed by atoms with Crippen molar-refractivity contribution in [2.75, 3.05) is 6.61 Å². The second kappa shape index (κ2) is 4.86. The number of fused-ring (bicyclic) bond motifs is 1. The minimum atomic E-state index is -4.02. The summed E-state index contributed by atoms with van der Waals surface area (Å²) >= 11 is 0. The average Bonchev–Trinajstić information content (AvgIpc) is 2.91. The van der Waals surface area contributed by atoms with E-state index >= 15 is 0 Å². The maximum Gasteiger partial charge on any atom is 0.400 e. The maximum atomic E-state index is 11.2. The molecular formula is C11H16O9S. The van der Waals surface area contributed by atoms with E-state index in [4.69, 9.17) is 23.1 Å². The number of ether oxygens (including phenoxy) is 4. The smallest absolute Gasteiger partial charge is 0.400 e. The normalized spacial score (nSPS) is 43.7. The Bertz CT molecular complexity index is 542. The third-order valence-corrected chi connectivity index (χ3v) is 4.22. The molecule has 3 saturated heterocycles. The van der Waals surface area contributed by atoms with Gasteiger partial charge < -0.3 is 18.9 Å². The third-order valence-electron chi connectivity index (χ3n) is 3.31. The third kappa shape index (κ3) is 2.91. The molecule has 0 aromatic heterocycles. The van der Waals surface area contributed by atoms with Gasteiger partial charge in [0.2, 0.25) is 6.29 Å². The fourth-order valence-corrected chi connectivity index (χ4v) is 3.48. The van der Waals surface area contributed by atoms with Crippen molar-refractivity contribution in [2.45, 2.75) is 57.3 Å². The lowest BCUT2D eigenvalue weighted by Crippen LogP contribution is -2.39. The van der Waals surface area contributed by atoms with Crippen molar-refractivity contribution < 1.29 is 40.5 Å². The lowest BCUT2D eigenvalue weighted by molar-refractivity contribution is -0.237. The van der Waals surface area contributed by atoms with E-state index in [2.05, 4.69) is 4.18 Å². The second-order valence-corrected chi connectivity index (χ2v) is 6.72. The van der Waals surface area contributed by atoms with Crippen LogP contribution in [0.4, 0.5) is 0 Å². The van der Waals surface area contributed by atoms with E-state index in [0.717, 1.165) is 0 Å². The molecule has 3 fully saturated rings. The summed E-state index contributed by atoms with van der Waals surface area (Å²) in [4.78, 5) is 11.1. The van der Waals surface area contributed by atoms with E-state index in [1.165, 1.54) is 6.92 Å². The highest BCUT2D eigenvalue weighted by atomic mass is 32.3. The number of carbonyl (C=O) groups excluding carboxylic acids is 1. The van der Waals surface area contributed by atoms with Crippen LogP contribution >= 0.6 is 0 Å². The summed E-state index contributed by atoms with van der Waals surface area (Å²) in [6.45, 7) is 4.46. The Morgan fingerprint density at radius 1 is 1.19 bits per heavy atom. The van der Waals surface area contributed by atoms with Gasteiger partial charge in [0.1, 0.15) is 18.3 Å². The summed E-state index contributed by atoms with van der Waals surface area (Å²) in [5, 5.41) is 0. The first-order valence-corrected chi connectivity index (χ1v) is 7.76. The topological polar surface area (TPSA) is 107 Å². The molecule has 0 N–H and O–H groups in total. The summed E-state index contributed by atoms with van der Waals surface area (Å²) in [5.74, 6) is -1.43. The van der Waals surface area contributed by atoms with Gasteiger partial charge in [0.05, 0.1) is 6.61 Å². The monoisotopic (exact) mass is 324 g/mol. The van der Waals surface area contributed by atoms with Crippen molar-refractivity contribution in [2.24, 2.45) is 0 Å². The van der Waals surface area contributed by atoms with Crippen molar-refractivity contribution in [3.8, 4) is 0 Å². The molecule has 3 heterocycles. The molecule has 5 atom stereocenters. The van der Waals surface area contributed by atoms with Crippen LogP contribution in [-0.2, 0) is 42.5 Å². The van der Waals surface area contributed by atoms with Crippen molar-refractivity contribution in [1.82, 2.24) is 0 Å². The largest absolute Gasteiger partial charge is 0.433 e. The summed E-state index contributed by atoms with van der Waals surface area (Å²) in [6, 6.07) is 0. The standard InChI is InChI=1S/C11H16O9S/c1-5(12)16-10-9-8(18-11(2,3)19-9)7(17-10)6-4-15-21(13,14)20-6/h6-10H,4H2,1-3H3/t6-,7-,8+,9+,10?/m1/s1. The number of hydrogen-bond acceptors (Lipinski definition) is 9. The predicted molar refractivity (Wildman–Crippen MR) is 64.0 cm³/mol. The van der Waals surface area contributed by atoms with Crippen LogP contribution < -0.4 is 0 Å². The van der Waals surface area contributed by atoms with E-state index < -0.39 is 52.9 Å². The zero-order chi connectivity index (χ0) is 15.4. The van der Waals surface area contributed by atoms with Gasteiger partial charge in [0.25, 0.3) is 0 Å². The van der Waals surface area contributed by atoms with Gasteiger partial charge in [0, 0.05) is 6.92 Å². The molecule has 0 saturated carbocycles. The quantitative estimate of drug-likeness (QED) is 0.619. The van der Waals surface area contributed by atoms with Gasteiger partial charge in [-0.15, -0.1) is 0 Å². The molecule has 3 aliphatic rings. The molecule has 0 aromatic carbocycles. The van der Waals surface area contributed by atoms with Crippen molar-refractivity contribution in [3.05, 3.63) is 0 Å². The SMILES string of the molecule is CC(=O)OC1O[C@H]([C@H]2COS(=O)(=O)O2)[C@@H]2OC(C)(C)O[C@H]12. The van der Waals surface area contributed by atoms with Crippen LogP contribution in [0, 0.1) is 0 Å². The maximum absolute atomic E-state index is 11.2. The van der Waals surface area contributed by atoms with E-state index in [1.807, 2.05) is 0 Å². The molecule has 21 heavy (non-hydrogen) atoms. The van der Waals surface area contributed by atoms with Crippen molar-refractivity contribution in [1.29, 1.82) is 0 Å². The van der Waals surface area contributed by atoms with Crippen LogP contribution in [0.3, 0.4) is 0 Å². The Morgan fingerprint density at radius 3 is 2.43 bits per heavy atom.